The average Bonchev–Trinajstić information content (AvgIpc) is 2.57. The Morgan fingerprint density at radius 3 is 3.17 bits per heavy atom. The number of thiophene rings is 1. The number of carbonyl (C=O) groups excluding carboxylic acids is 1. The Labute approximate surface area is 79.3 Å². The van der Waals surface area contributed by atoms with Gasteiger partial charge in [-0.25, -0.2) is 5.84 Å². The molecule has 0 saturated heterocycles. The lowest BCUT2D eigenvalue weighted by atomic mass is 10.5. The van der Waals surface area contributed by atoms with Gasteiger partial charge in [-0.05, 0) is 11.4 Å². The molecule has 1 aromatic rings. The van der Waals surface area contributed by atoms with Gasteiger partial charge < -0.3 is 0 Å². The summed E-state index contributed by atoms with van der Waals surface area (Å²) in [6.07, 6.45) is 0. The Balaban J connectivity index is 2.15. The molecule has 0 saturated carbocycles. The molecule has 66 valence electrons. The second-order valence-corrected chi connectivity index (χ2v) is 4.16. The number of carbonyl (C=O) groups is 1. The first kappa shape index (κ1) is 9.57. The summed E-state index contributed by atoms with van der Waals surface area (Å²) in [5.74, 6) is 6.10. The van der Waals surface area contributed by atoms with E-state index in [9.17, 15) is 4.79 Å². The van der Waals surface area contributed by atoms with E-state index in [2.05, 4.69) is 11.5 Å². The number of hydrazine groups is 1. The molecule has 0 spiro atoms. The zero-order valence-electron chi connectivity index (χ0n) is 6.45. The van der Waals surface area contributed by atoms with Crippen LogP contribution in [0.25, 0.3) is 0 Å². The molecule has 0 aliphatic heterocycles. The predicted molar refractivity (Wildman–Crippen MR) is 52.8 cm³/mol. The molecule has 0 bridgehead atoms. The summed E-state index contributed by atoms with van der Waals surface area (Å²) in [6.45, 7) is 0. The van der Waals surface area contributed by atoms with Gasteiger partial charge in [0.2, 0.25) is 5.91 Å². The fourth-order valence-electron chi connectivity index (χ4n) is 0.681. The van der Waals surface area contributed by atoms with Gasteiger partial charge in [-0.3, -0.25) is 10.2 Å². The summed E-state index contributed by atoms with van der Waals surface area (Å²) in [6, 6.07) is 4.06. The van der Waals surface area contributed by atoms with Crippen molar-refractivity contribution in [3.05, 3.63) is 22.4 Å². The number of rotatable bonds is 4. The van der Waals surface area contributed by atoms with E-state index in [0.29, 0.717) is 5.75 Å². The summed E-state index contributed by atoms with van der Waals surface area (Å²) in [5, 5.41) is 2.03. The largest absolute Gasteiger partial charge is 0.294 e. The third kappa shape index (κ3) is 3.25. The normalized spacial score (nSPS) is 9.75. The van der Waals surface area contributed by atoms with E-state index in [1.54, 1.807) is 23.1 Å². The molecule has 12 heavy (non-hydrogen) atoms. The van der Waals surface area contributed by atoms with E-state index in [4.69, 9.17) is 5.84 Å². The van der Waals surface area contributed by atoms with Crippen LogP contribution < -0.4 is 11.3 Å². The van der Waals surface area contributed by atoms with Gasteiger partial charge in [0.05, 0.1) is 5.75 Å². The molecular formula is C7H10N2OS2. The molecule has 1 aromatic heterocycles. The molecular weight excluding hydrogens is 192 g/mol. The van der Waals surface area contributed by atoms with Crippen molar-refractivity contribution >= 4 is 29.0 Å². The van der Waals surface area contributed by atoms with E-state index in [0.717, 1.165) is 5.75 Å². The smallest absolute Gasteiger partial charge is 0.243 e. The summed E-state index contributed by atoms with van der Waals surface area (Å²) < 4.78 is 0. The lowest BCUT2D eigenvalue weighted by Gasteiger charge is -1.97. The van der Waals surface area contributed by atoms with Gasteiger partial charge in [-0.15, -0.1) is 23.1 Å². The van der Waals surface area contributed by atoms with E-state index < -0.39 is 0 Å². The van der Waals surface area contributed by atoms with Crippen LogP contribution >= 0.6 is 23.1 Å². The zero-order chi connectivity index (χ0) is 8.81. The minimum Gasteiger partial charge on any atom is -0.294 e. The molecule has 0 atom stereocenters. The minimum atomic E-state index is -0.128. The lowest BCUT2D eigenvalue weighted by Crippen LogP contribution is -2.31. The summed E-state index contributed by atoms with van der Waals surface area (Å²) >= 11 is 3.26. The Bertz CT molecular complexity index is 236. The van der Waals surface area contributed by atoms with Gasteiger partial charge in [0.15, 0.2) is 0 Å². The summed E-state index contributed by atoms with van der Waals surface area (Å²) in [5.41, 5.74) is 2.09. The van der Waals surface area contributed by atoms with E-state index in [1.165, 1.54) is 4.88 Å². The highest BCUT2D eigenvalue weighted by molar-refractivity contribution is 7.99. The summed E-state index contributed by atoms with van der Waals surface area (Å²) in [4.78, 5) is 12.0. The molecule has 0 radical (unpaired) electrons. The predicted octanol–water partition coefficient (Wildman–Crippen LogP) is 0.971. The fraction of sp³-hybridized carbons (Fsp3) is 0.286. The molecule has 1 rings (SSSR count). The van der Waals surface area contributed by atoms with Crippen molar-refractivity contribution in [3.63, 3.8) is 0 Å². The van der Waals surface area contributed by atoms with E-state index in [-0.39, 0.29) is 5.91 Å². The molecule has 1 heterocycles. The highest BCUT2D eigenvalue weighted by Crippen LogP contribution is 2.16. The van der Waals surface area contributed by atoms with Gasteiger partial charge in [0.25, 0.3) is 0 Å². The average molecular weight is 202 g/mol. The lowest BCUT2D eigenvalue weighted by molar-refractivity contribution is -0.118. The zero-order valence-corrected chi connectivity index (χ0v) is 8.08. The second-order valence-electron chi connectivity index (χ2n) is 2.14. The third-order valence-corrected chi connectivity index (χ3v) is 3.26. The number of amides is 1. The maximum absolute atomic E-state index is 10.7. The van der Waals surface area contributed by atoms with Crippen molar-refractivity contribution in [3.8, 4) is 0 Å². The first-order valence-electron chi connectivity index (χ1n) is 3.42. The number of hydrogen-bond donors (Lipinski definition) is 2. The Morgan fingerprint density at radius 1 is 1.75 bits per heavy atom. The van der Waals surface area contributed by atoms with Crippen molar-refractivity contribution in [2.75, 3.05) is 5.75 Å². The number of nitrogens with two attached hydrogens (primary N) is 1. The van der Waals surface area contributed by atoms with Gasteiger partial charge in [0, 0.05) is 10.6 Å². The first-order chi connectivity index (χ1) is 5.83. The Kier molecular flexibility index (Phi) is 4.13. The van der Waals surface area contributed by atoms with Crippen LogP contribution in [0.4, 0.5) is 0 Å². The van der Waals surface area contributed by atoms with E-state index >= 15 is 0 Å². The molecule has 0 aliphatic carbocycles. The first-order valence-corrected chi connectivity index (χ1v) is 5.46. The van der Waals surface area contributed by atoms with Crippen LogP contribution in [0.1, 0.15) is 4.88 Å². The van der Waals surface area contributed by atoms with Crippen LogP contribution in [-0.2, 0) is 10.5 Å². The fourth-order valence-corrected chi connectivity index (χ4v) is 2.36. The van der Waals surface area contributed by atoms with Gasteiger partial charge in [0.1, 0.15) is 0 Å². The summed E-state index contributed by atoms with van der Waals surface area (Å²) in [7, 11) is 0. The molecule has 3 nitrogen and oxygen atoms in total. The van der Waals surface area contributed by atoms with Gasteiger partial charge in [-0.2, -0.15) is 0 Å². The van der Waals surface area contributed by atoms with Gasteiger partial charge in [-0.1, -0.05) is 6.07 Å². The highest BCUT2D eigenvalue weighted by atomic mass is 32.2. The topological polar surface area (TPSA) is 55.1 Å². The molecule has 1 amide bonds. The quantitative estimate of drug-likeness (QED) is 0.434. The van der Waals surface area contributed by atoms with Crippen LogP contribution in [-0.4, -0.2) is 11.7 Å². The molecule has 0 aromatic carbocycles. The number of thioether (sulfide) groups is 1. The van der Waals surface area contributed by atoms with Crippen LogP contribution in [0.3, 0.4) is 0 Å². The highest BCUT2D eigenvalue weighted by Gasteiger charge is 1.99. The Morgan fingerprint density at radius 2 is 2.58 bits per heavy atom. The SMILES string of the molecule is NNC(=O)CSCc1cccs1. The van der Waals surface area contributed by atoms with Gasteiger partial charge >= 0.3 is 0 Å². The molecule has 3 N–H and O–H groups in total. The van der Waals surface area contributed by atoms with Crippen LogP contribution in [0.2, 0.25) is 0 Å². The third-order valence-electron chi connectivity index (χ3n) is 1.22. The van der Waals surface area contributed by atoms with Crippen molar-refractivity contribution in [2.45, 2.75) is 5.75 Å². The van der Waals surface area contributed by atoms with Crippen molar-refractivity contribution < 1.29 is 4.79 Å². The molecule has 0 unspecified atom stereocenters. The van der Waals surface area contributed by atoms with Crippen LogP contribution in [0.5, 0.6) is 0 Å². The standard InChI is InChI=1S/C7H10N2OS2/c8-9-7(10)5-11-4-6-2-1-3-12-6/h1-3H,4-5,8H2,(H,9,10). The number of hydrogen-bond acceptors (Lipinski definition) is 4. The molecule has 0 aliphatic rings. The van der Waals surface area contributed by atoms with Crippen LogP contribution in [0, 0.1) is 0 Å². The van der Waals surface area contributed by atoms with Crippen LogP contribution in [0.15, 0.2) is 17.5 Å². The van der Waals surface area contributed by atoms with Crippen molar-refractivity contribution in [2.24, 2.45) is 5.84 Å². The van der Waals surface area contributed by atoms with Crippen molar-refractivity contribution in [1.29, 1.82) is 0 Å². The van der Waals surface area contributed by atoms with Crippen molar-refractivity contribution in [1.82, 2.24) is 5.43 Å². The monoisotopic (exact) mass is 202 g/mol. The second kappa shape index (κ2) is 5.18. The minimum absolute atomic E-state index is 0.128. The maximum atomic E-state index is 10.7. The van der Waals surface area contributed by atoms with E-state index in [1.807, 2.05) is 11.4 Å². The molecule has 5 heteroatoms. The number of nitrogens with one attached hydrogen (secondary N) is 1. The maximum Gasteiger partial charge on any atom is 0.243 e. The Hall–Kier alpha value is -0.520. The molecule has 0 fully saturated rings.